The van der Waals surface area contributed by atoms with Crippen LogP contribution in [0.4, 0.5) is 0 Å². The molecule has 0 aliphatic carbocycles. The van der Waals surface area contributed by atoms with Crippen molar-refractivity contribution in [2.75, 3.05) is 19.7 Å². The molecule has 0 bridgehead atoms. The molecule has 1 fully saturated rings. The van der Waals surface area contributed by atoms with Gasteiger partial charge in [0.1, 0.15) is 11.2 Å². The lowest BCUT2D eigenvalue weighted by Crippen LogP contribution is -2.41. The molecular formula is C21H23N3O2S. The highest BCUT2D eigenvalue weighted by atomic mass is 32.1. The van der Waals surface area contributed by atoms with Gasteiger partial charge in [-0.3, -0.25) is 4.79 Å². The van der Waals surface area contributed by atoms with Gasteiger partial charge in [-0.2, -0.15) is 0 Å². The highest BCUT2D eigenvalue weighted by Gasteiger charge is 2.22. The first kappa shape index (κ1) is 17.9. The standard InChI is InChI=1S/C21H23N3O2S/c1-14-5-7-16(8-6-14)17-12-27-21-19(17)20(22-13-23-21)26-11-18(25)24-9-3-4-15(2)10-24/h5-8,12-13,15H,3-4,9-11H2,1-2H3/t15-/m1/s1. The Balaban J connectivity index is 1.57. The molecule has 1 aliphatic heterocycles. The molecule has 0 unspecified atom stereocenters. The molecule has 2 aromatic heterocycles. The zero-order valence-corrected chi connectivity index (χ0v) is 16.5. The molecule has 5 nitrogen and oxygen atoms in total. The van der Waals surface area contributed by atoms with Crippen LogP contribution < -0.4 is 4.74 Å². The van der Waals surface area contributed by atoms with Gasteiger partial charge in [-0.1, -0.05) is 36.8 Å². The van der Waals surface area contributed by atoms with E-state index in [0.717, 1.165) is 40.9 Å². The minimum Gasteiger partial charge on any atom is -0.467 e. The number of piperidine rings is 1. The second-order valence-electron chi connectivity index (χ2n) is 7.25. The first-order chi connectivity index (χ1) is 13.1. The second-order valence-corrected chi connectivity index (χ2v) is 8.11. The first-order valence-electron chi connectivity index (χ1n) is 9.31. The van der Waals surface area contributed by atoms with Crippen LogP contribution in [0.5, 0.6) is 5.88 Å². The van der Waals surface area contributed by atoms with Crippen molar-refractivity contribution in [3.05, 3.63) is 41.5 Å². The van der Waals surface area contributed by atoms with Gasteiger partial charge in [-0.05, 0) is 31.2 Å². The molecule has 1 amide bonds. The largest absolute Gasteiger partial charge is 0.467 e. The summed E-state index contributed by atoms with van der Waals surface area (Å²) < 4.78 is 5.88. The summed E-state index contributed by atoms with van der Waals surface area (Å²) in [5, 5.41) is 2.96. The Morgan fingerprint density at radius 3 is 2.89 bits per heavy atom. The van der Waals surface area contributed by atoms with Gasteiger partial charge in [-0.15, -0.1) is 11.3 Å². The van der Waals surface area contributed by atoms with Gasteiger partial charge in [0.05, 0.1) is 5.39 Å². The molecule has 140 valence electrons. The van der Waals surface area contributed by atoms with Gasteiger partial charge in [0.2, 0.25) is 5.88 Å². The van der Waals surface area contributed by atoms with E-state index in [1.54, 1.807) is 11.3 Å². The molecule has 0 spiro atoms. The number of nitrogens with zero attached hydrogens (tertiary/aromatic N) is 3. The molecule has 1 atom stereocenters. The number of carbonyl (C=O) groups excluding carboxylic acids is 1. The molecule has 1 aromatic carbocycles. The van der Waals surface area contributed by atoms with Crippen molar-refractivity contribution in [2.24, 2.45) is 5.92 Å². The van der Waals surface area contributed by atoms with E-state index in [0.29, 0.717) is 11.8 Å². The van der Waals surface area contributed by atoms with E-state index < -0.39 is 0 Å². The van der Waals surface area contributed by atoms with Gasteiger partial charge in [0, 0.05) is 24.0 Å². The fourth-order valence-corrected chi connectivity index (χ4v) is 4.45. The normalized spacial score (nSPS) is 17.3. The van der Waals surface area contributed by atoms with Crippen LogP contribution in [0.3, 0.4) is 0 Å². The third-order valence-electron chi connectivity index (χ3n) is 5.04. The van der Waals surface area contributed by atoms with Gasteiger partial charge in [0.25, 0.3) is 5.91 Å². The van der Waals surface area contributed by atoms with E-state index >= 15 is 0 Å². The molecule has 27 heavy (non-hydrogen) atoms. The van der Waals surface area contributed by atoms with E-state index in [9.17, 15) is 4.79 Å². The number of hydrogen-bond donors (Lipinski definition) is 0. The Kier molecular flexibility index (Phi) is 5.07. The maximum Gasteiger partial charge on any atom is 0.260 e. The third kappa shape index (κ3) is 3.81. The van der Waals surface area contributed by atoms with Crippen LogP contribution in [0.1, 0.15) is 25.3 Å². The number of thiophene rings is 1. The van der Waals surface area contributed by atoms with Crippen LogP contribution in [0.2, 0.25) is 0 Å². The van der Waals surface area contributed by atoms with E-state index in [1.807, 2.05) is 4.90 Å². The molecule has 1 saturated heterocycles. The van der Waals surface area contributed by atoms with Crippen LogP contribution in [0.25, 0.3) is 21.3 Å². The Morgan fingerprint density at radius 1 is 1.30 bits per heavy atom. The number of aryl methyl sites for hydroxylation is 1. The highest BCUT2D eigenvalue weighted by molar-refractivity contribution is 7.17. The molecular weight excluding hydrogens is 358 g/mol. The number of likely N-dealkylation sites (tertiary alicyclic amines) is 1. The number of aromatic nitrogens is 2. The number of carbonyl (C=O) groups is 1. The predicted octanol–water partition coefficient (Wildman–Crippen LogP) is 4.30. The highest BCUT2D eigenvalue weighted by Crippen LogP contribution is 2.37. The molecule has 3 aromatic rings. The number of amides is 1. The van der Waals surface area contributed by atoms with Crippen LogP contribution in [0, 0.1) is 12.8 Å². The lowest BCUT2D eigenvalue weighted by molar-refractivity contribution is -0.135. The van der Waals surface area contributed by atoms with Gasteiger partial charge >= 0.3 is 0 Å². The monoisotopic (exact) mass is 381 g/mol. The van der Waals surface area contributed by atoms with Crippen molar-refractivity contribution in [1.82, 2.24) is 14.9 Å². The van der Waals surface area contributed by atoms with Crippen molar-refractivity contribution < 1.29 is 9.53 Å². The van der Waals surface area contributed by atoms with Crippen LogP contribution in [0.15, 0.2) is 36.0 Å². The topological polar surface area (TPSA) is 55.3 Å². The summed E-state index contributed by atoms with van der Waals surface area (Å²) in [6, 6.07) is 8.36. The number of hydrogen-bond acceptors (Lipinski definition) is 5. The third-order valence-corrected chi connectivity index (χ3v) is 5.93. The zero-order valence-electron chi connectivity index (χ0n) is 15.6. The van der Waals surface area contributed by atoms with Crippen molar-refractivity contribution >= 4 is 27.5 Å². The SMILES string of the molecule is Cc1ccc(-c2csc3ncnc(OCC(=O)N4CCC[C@@H](C)C4)c23)cc1. The lowest BCUT2D eigenvalue weighted by Gasteiger charge is -2.30. The second kappa shape index (κ2) is 7.64. The van der Waals surface area contributed by atoms with Crippen LogP contribution in [-0.4, -0.2) is 40.5 Å². The van der Waals surface area contributed by atoms with Crippen LogP contribution >= 0.6 is 11.3 Å². The maximum atomic E-state index is 12.5. The first-order valence-corrected chi connectivity index (χ1v) is 10.2. The summed E-state index contributed by atoms with van der Waals surface area (Å²) in [7, 11) is 0. The summed E-state index contributed by atoms with van der Waals surface area (Å²) in [6.45, 7) is 5.91. The fraction of sp³-hybridized carbons (Fsp3) is 0.381. The summed E-state index contributed by atoms with van der Waals surface area (Å²) >= 11 is 1.56. The summed E-state index contributed by atoms with van der Waals surface area (Å²) in [4.78, 5) is 24.0. The fourth-order valence-electron chi connectivity index (χ4n) is 3.54. The Hall–Kier alpha value is -2.47. The molecule has 3 heterocycles. The number of ether oxygens (including phenoxy) is 1. The maximum absolute atomic E-state index is 12.5. The van der Waals surface area contributed by atoms with Crippen molar-refractivity contribution in [3.63, 3.8) is 0 Å². The van der Waals surface area contributed by atoms with Gasteiger partial charge < -0.3 is 9.64 Å². The quantitative estimate of drug-likeness (QED) is 0.676. The van der Waals surface area contributed by atoms with E-state index in [4.69, 9.17) is 4.74 Å². The van der Waals surface area contributed by atoms with Crippen molar-refractivity contribution in [1.29, 1.82) is 0 Å². The zero-order chi connectivity index (χ0) is 18.8. The Morgan fingerprint density at radius 2 is 2.11 bits per heavy atom. The number of benzene rings is 1. The Labute approximate surface area is 163 Å². The molecule has 1 aliphatic rings. The summed E-state index contributed by atoms with van der Waals surface area (Å²) in [6.07, 6.45) is 3.75. The molecule has 0 N–H and O–H groups in total. The number of fused-ring (bicyclic) bond motifs is 1. The molecule has 4 rings (SSSR count). The summed E-state index contributed by atoms with van der Waals surface area (Å²) in [5.74, 6) is 1.06. The van der Waals surface area contributed by atoms with Gasteiger partial charge in [0.15, 0.2) is 6.61 Å². The average molecular weight is 382 g/mol. The number of rotatable bonds is 4. The van der Waals surface area contributed by atoms with Crippen LogP contribution in [-0.2, 0) is 4.79 Å². The Bertz CT molecular complexity index is 952. The predicted molar refractivity (Wildman–Crippen MR) is 108 cm³/mol. The van der Waals surface area contributed by atoms with E-state index in [-0.39, 0.29) is 12.5 Å². The smallest absolute Gasteiger partial charge is 0.260 e. The molecule has 6 heteroatoms. The summed E-state index contributed by atoms with van der Waals surface area (Å²) in [5.41, 5.74) is 3.36. The van der Waals surface area contributed by atoms with Crippen molar-refractivity contribution in [3.8, 4) is 17.0 Å². The average Bonchev–Trinajstić information content (AvgIpc) is 3.11. The lowest BCUT2D eigenvalue weighted by atomic mass is 10.0. The minimum atomic E-state index is 0.0159. The van der Waals surface area contributed by atoms with Gasteiger partial charge in [-0.25, -0.2) is 9.97 Å². The molecule has 0 radical (unpaired) electrons. The van der Waals surface area contributed by atoms with E-state index in [2.05, 4.69) is 53.5 Å². The van der Waals surface area contributed by atoms with E-state index in [1.165, 1.54) is 18.3 Å². The minimum absolute atomic E-state index is 0.0159. The van der Waals surface area contributed by atoms with Crippen molar-refractivity contribution in [2.45, 2.75) is 26.7 Å². The molecule has 0 saturated carbocycles.